The maximum atomic E-state index is 13.0. The van der Waals surface area contributed by atoms with E-state index in [9.17, 15) is 8.42 Å². The number of alkyl halides is 1. The van der Waals surface area contributed by atoms with E-state index in [0.29, 0.717) is 36.4 Å². The standard InChI is InChI=1S/C22H24BrN3O2S2/c1-16-11-17(2)13-19(12-16)21-15-29-22(24-21)25-7-9-26(10-8-25)30(27,28)20-5-3-18(14-23)4-6-20/h3-6,11-13,15H,7-10,14H2,1-2H3. The fourth-order valence-electron chi connectivity index (χ4n) is 3.68. The SMILES string of the molecule is Cc1cc(C)cc(-c2csc(N3CCN(S(=O)(=O)c4ccc(CBr)cc4)CC3)n2)c1. The minimum Gasteiger partial charge on any atom is -0.345 e. The summed E-state index contributed by atoms with van der Waals surface area (Å²) in [4.78, 5) is 7.35. The molecule has 0 bridgehead atoms. The number of rotatable bonds is 5. The Hall–Kier alpha value is -1.74. The van der Waals surface area contributed by atoms with Crippen LogP contribution in [-0.4, -0.2) is 43.9 Å². The van der Waals surface area contributed by atoms with E-state index in [0.717, 1.165) is 22.0 Å². The average Bonchev–Trinajstić information content (AvgIpc) is 3.23. The first-order chi connectivity index (χ1) is 14.4. The quantitative estimate of drug-likeness (QED) is 0.465. The van der Waals surface area contributed by atoms with Crippen molar-refractivity contribution in [3.8, 4) is 11.3 Å². The van der Waals surface area contributed by atoms with Gasteiger partial charge in [0.15, 0.2) is 5.13 Å². The van der Waals surface area contributed by atoms with Gasteiger partial charge in [-0.3, -0.25) is 0 Å². The van der Waals surface area contributed by atoms with Crippen LogP contribution in [0, 0.1) is 13.8 Å². The third kappa shape index (κ3) is 4.46. The highest BCUT2D eigenvalue weighted by molar-refractivity contribution is 9.08. The molecule has 0 N–H and O–H groups in total. The maximum Gasteiger partial charge on any atom is 0.243 e. The fraction of sp³-hybridized carbons (Fsp3) is 0.318. The zero-order chi connectivity index (χ0) is 21.3. The third-order valence-electron chi connectivity index (χ3n) is 5.23. The molecule has 0 aliphatic carbocycles. The Morgan fingerprint density at radius 1 is 1.00 bits per heavy atom. The number of aryl methyl sites for hydroxylation is 2. The number of thiazole rings is 1. The average molecular weight is 506 g/mol. The number of hydrogen-bond donors (Lipinski definition) is 0. The molecular weight excluding hydrogens is 482 g/mol. The summed E-state index contributed by atoms with van der Waals surface area (Å²) >= 11 is 5.01. The van der Waals surface area contributed by atoms with Gasteiger partial charge in [0.2, 0.25) is 10.0 Å². The Labute approximate surface area is 190 Å². The summed E-state index contributed by atoms with van der Waals surface area (Å²) < 4.78 is 27.5. The Bertz CT molecular complexity index is 1120. The molecule has 158 valence electrons. The minimum absolute atomic E-state index is 0.354. The molecule has 1 saturated heterocycles. The summed E-state index contributed by atoms with van der Waals surface area (Å²) in [6.07, 6.45) is 0. The highest BCUT2D eigenvalue weighted by Crippen LogP contribution is 2.30. The van der Waals surface area contributed by atoms with Crippen molar-refractivity contribution in [2.75, 3.05) is 31.1 Å². The van der Waals surface area contributed by atoms with Gasteiger partial charge in [-0.1, -0.05) is 45.3 Å². The van der Waals surface area contributed by atoms with E-state index < -0.39 is 10.0 Å². The lowest BCUT2D eigenvalue weighted by Crippen LogP contribution is -2.48. The molecular formula is C22H24BrN3O2S2. The summed E-state index contributed by atoms with van der Waals surface area (Å²) in [5.74, 6) is 0. The molecule has 2 heterocycles. The molecule has 3 aromatic rings. The highest BCUT2D eigenvalue weighted by Gasteiger charge is 2.29. The summed E-state index contributed by atoms with van der Waals surface area (Å²) in [6.45, 7) is 6.38. The van der Waals surface area contributed by atoms with Crippen molar-refractivity contribution >= 4 is 42.4 Å². The van der Waals surface area contributed by atoms with Gasteiger partial charge in [0.1, 0.15) is 0 Å². The second-order valence-corrected chi connectivity index (χ2v) is 10.9. The Kier molecular flexibility index (Phi) is 6.29. The van der Waals surface area contributed by atoms with Crippen LogP contribution in [0.5, 0.6) is 0 Å². The van der Waals surface area contributed by atoms with E-state index in [2.05, 4.69) is 58.3 Å². The van der Waals surface area contributed by atoms with Crippen LogP contribution >= 0.6 is 27.3 Å². The van der Waals surface area contributed by atoms with Crippen LogP contribution in [0.15, 0.2) is 52.7 Å². The first kappa shape index (κ1) is 21.5. The van der Waals surface area contributed by atoms with Crippen LogP contribution in [0.1, 0.15) is 16.7 Å². The van der Waals surface area contributed by atoms with Crippen molar-refractivity contribution in [3.63, 3.8) is 0 Å². The van der Waals surface area contributed by atoms with Crippen LogP contribution in [-0.2, 0) is 15.4 Å². The molecule has 0 radical (unpaired) electrons. The summed E-state index contributed by atoms with van der Waals surface area (Å²) in [5, 5.41) is 3.74. The van der Waals surface area contributed by atoms with Gasteiger partial charge < -0.3 is 4.90 Å². The summed E-state index contributed by atoms with van der Waals surface area (Å²) in [5.41, 5.74) is 5.61. The fourth-order valence-corrected chi connectivity index (χ4v) is 6.37. The van der Waals surface area contributed by atoms with Gasteiger partial charge in [-0.2, -0.15) is 4.31 Å². The molecule has 0 atom stereocenters. The molecule has 5 nitrogen and oxygen atoms in total. The highest BCUT2D eigenvalue weighted by atomic mass is 79.9. The Morgan fingerprint density at radius 3 is 2.23 bits per heavy atom. The summed E-state index contributed by atoms with van der Waals surface area (Å²) in [6, 6.07) is 13.5. The van der Waals surface area contributed by atoms with Crippen LogP contribution in [0.25, 0.3) is 11.3 Å². The molecule has 0 spiro atoms. The van der Waals surface area contributed by atoms with Gasteiger partial charge in [-0.05, 0) is 43.7 Å². The topological polar surface area (TPSA) is 53.5 Å². The number of sulfonamides is 1. The van der Waals surface area contributed by atoms with Gasteiger partial charge >= 0.3 is 0 Å². The number of piperazine rings is 1. The van der Waals surface area contributed by atoms with Crippen molar-refractivity contribution in [2.45, 2.75) is 24.1 Å². The van der Waals surface area contributed by atoms with Crippen molar-refractivity contribution < 1.29 is 8.42 Å². The van der Waals surface area contributed by atoms with Crippen molar-refractivity contribution in [1.29, 1.82) is 0 Å². The van der Waals surface area contributed by atoms with E-state index in [1.807, 2.05) is 12.1 Å². The molecule has 0 saturated carbocycles. The zero-order valence-corrected chi connectivity index (χ0v) is 20.2. The van der Waals surface area contributed by atoms with E-state index in [-0.39, 0.29) is 0 Å². The van der Waals surface area contributed by atoms with Crippen molar-refractivity contribution in [2.24, 2.45) is 0 Å². The number of hydrogen-bond acceptors (Lipinski definition) is 5. The molecule has 1 aliphatic rings. The van der Waals surface area contributed by atoms with Crippen molar-refractivity contribution in [1.82, 2.24) is 9.29 Å². The molecule has 2 aromatic carbocycles. The van der Waals surface area contributed by atoms with Crippen LogP contribution in [0.4, 0.5) is 5.13 Å². The van der Waals surface area contributed by atoms with Gasteiger partial charge in [-0.25, -0.2) is 13.4 Å². The number of aromatic nitrogens is 1. The molecule has 1 aromatic heterocycles. The lowest BCUT2D eigenvalue weighted by molar-refractivity contribution is 0.385. The molecule has 8 heteroatoms. The van der Waals surface area contributed by atoms with E-state index >= 15 is 0 Å². The zero-order valence-electron chi connectivity index (χ0n) is 17.0. The van der Waals surface area contributed by atoms with Crippen LogP contribution in [0.3, 0.4) is 0 Å². The lowest BCUT2D eigenvalue weighted by atomic mass is 10.1. The van der Waals surface area contributed by atoms with Gasteiger partial charge in [0.05, 0.1) is 10.6 Å². The number of nitrogens with zero attached hydrogens (tertiary/aromatic N) is 3. The predicted molar refractivity (Wildman–Crippen MR) is 127 cm³/mol. The largest absolute Gasteiger partial charge is 0.345 e. The Balaban J connectivity index is 1.45. The van der Waals surface area contributed by atoms with Gasteiger partial charge in [-0.15, -0.1) is 11.3 Å². The second kappa shape index (κ2) is 8.78. The van der Waals surface area contributed by atoms with Crippen molar-refractivity contribution in [3.05, 3.63) is 64.5 Å². The lowest BCUT2D eigenvalue weighted by Gasteiger charge is -2.33. The third-order valence-corrected chi connectivity index (χ3v) is 8.70. The molecule has 0 amide bonds. The van der Waals surface area contributed by atoms with Crippen LogP contribution < -0.4 is 4.90 Å². The first-order valence-corrected chi connectivity index (χ1v) is 13.2. The van der Waals surface area contributed by atoms with E-state index in [4.69, 9.17) is 4.98 Å². The number of anilines is 1. The maximum absolute atomic E-state index is 13.0. The molecule has 30 heavy (non-hydrogen) atoms. The molecule has 1 fully saturated rings. The Morgan fingerprint density at radius 2 is 1.63 bits per heavy atom. The molecule has 1 aliphatic heterocycles. The first-order valence-electron chi connectivity index (χ1n) is 9.81. The number of halogens is 1. The summed E-state index contributed by atoms with van der Waals surface area (Å²) in [7, 11) is -3.47. The smallest absolute Gasteiger partial charge is 0.243 e. The monoisotopic (exact) mass is 505 g/mol. The van der Waals surface area contributed by atoms with Crippen LogP contribution in [0.2, 0.25) is 0 Å². The normalized spacial score (nSPS) is 15.5. The van der Waals surface area contributed by atoms with Gasteiger partial charge in [0.25, 0.3) is 0 Å². The second-order valence-electron chi connectivity index (χ2n) is 7.56. The predicted octanol–water partition coefficient (Wildman–Crippen LogP) is 4.83. The molecule has 0 unspecified atom stereocenters. The van der Waals surface area contributed by atoms with E-state index in [1.165, 1.54) is 11.1 Å². The molecule has 4 rings (SSSR count). The van der Waals surface area contributed by atoms with Gasteiger partial charge in [0, 0.05) is 42.5 Å². The minimum atomic E-state index is -3.47. The number of benzene rings is 2. The van der Waals surface area contributed by atoms with E-state index in [1.54, 1.807) is 27.8 Å².